The summed E-state index contributed by atoms with van der Waals surface area (Å²) in [6.45, 7) is 5.72. The molecule has 176 valence electrons. The SMILES string of the molecule is CCn1c(SCC(=O)Nc2ccc(C)cc2F)nc2cc(S(=O)(=O)N3CCOCC3)ccc21. The molecule has 0 saturated carbocycles. The van der Waals surface area contributed by atoms with Crippen LogP contribution in [0.5, 0.6) is 0 Å². The number of imidazole rings is 1. The first-order valence-corrected chi connectivity index (χ1v) is 13.0. The number of hydrogen-bond donors (Lipinski definition) is 1. The first-order chi connectivity index (χ1) is 15.8. The lowest BCUT2D eigenvalue weighted by molar-refractivity contribution is -0.113. The number of halogens is 1. The molecule has 0 unspecified atom stereocenters. The molecule has 2 aromatic carbocycles. The summed E-state index contributed by atoms with van der Waals surface area (Å²) in [5, 5.41) is 3.17. The molecule has 3 aromatic rings. The molecule has 0 bridgehead atoms. The molecule has 0 radical (unpaired) electrons. The molecular formula is C22H25FN4O4S2. The predicted octanol–water partition coefficient (Wildman–Crippen LogP) is 3.26. The number of morpholine rings is 1. The molecule has 8 nitrogen and oxygen atoms in total. The van der Waals surface area contributed by atoms with E-state index in [1.807, 2.05) is 11.5 Å². The van der Waals surface area contributed by atoms with Crippen molar-refractivity contribution in [2.45, 2.75) is 30.4 Å². The van der Waals surface area contributed by atoms with E-state index in [1.165, 1.54) is 28.2 Å². The number of rotatable bonds is 7. The van der Waals surface area contributed by atoms with Crippen LogP contribution in [0.4, 0.5) is 10.1 Å². The highest BCUT2D eigenvalue weighted by Crippen LogP contribution is 2.28. The van der Waals surface area contributed by atoms with Gasteiger partial charge in [0.25, 0.3) is 0 Å². The van der Waals surface area contributed by atoms with Gasteiger partial charge in [0.15, 0.2) is 5.16 Å². The third kappa shape index (κ3) is 5.06. The minimum Gasteiger partial charge on any atom is -0.379 e. The Hall–Kier alpha value is -2.47. The van der Waals surface area contributed by atoms with Gasteiger partial charge in [-0.1, -0.05) is 17.8 Å². The van der Waals surface area contributed by atoms with Crippen LogP contribution in [0.1, 0.15) is 12.5 Å². The third-order valence-electron chi connectivity index (χ3n) is 5.34. The summed E-state index contributed by atoms with van der Waals surface area (Å²) >= 11 is 1.22. The molecule has 1 aliphatic rings. The van der Waals surface area contributed by atoms with Crippen molar-refractivity contribution in [1.29, 1.82) is 0 Å². The largest absolute Gasteiger partial charge is 0.379 e. The van der Waals surface area contributed by atoms with Crippen LogP contribution in [0.2, 0.25) is 0 Å². The molecule has 11 heteroatoms. The van der Waals surface area contributed by atoms with E-state index in [9.17, 15) is 17.6 Å². The normalized spacial score (nSPS) is 15.1. The topological polar surface area (TPSA) is 93.5 Å². The van der Waals surface area contributed by atoms with Gasteiger partial charge in [0.05, 0.1) is 40.6 Å². The van der Waals surface area contributed by atoms with Crippen molar-refractivity contribution in [3.8, 4) is 0 Å². The van der Waals surface area contributed by atoms with Crippen molar-refractivity contribution in [3.05, 3.63) is 47.8 Å². The monoisotopic (exact) mass is 492 g/mol. The van der Waals surface area contributed by atoms with Crippen LogP contribution in [-0.2, 0) is 26.1 Å². The predicted molar refractivity (Wildman–Crippen MR) is 125 cm³/mol. The molecule has 4 rings (SSSR count). The highest BCUT2D eigenvalue weighted by molar-refractivity contribution is 7.99. The number of fused-ring (bicyclic) bond motifs is 1. The fraction of sp³-hybridized carbons (Fsp3) is 0.364. The van der Waals surface area contributed by atoms with E-state index in [1.54, 1.807) is 31.2 Å². The van der Waals surface area contributed by atoms with Crippen LogP contribution >= 0.6 is 11.8 Å². The minimum atomic E-state index is -3.63. The van der Waals surface area contributed by atoms with E-state index in [-0.39, 0.29) is 22.2 Å². The number of benzene rings is 2. The summed E-state index contributed by atoms with van der Waals surface area (Å²) < 4.78 is 48.5. The highest BCUT2D eigenvalue weighted by atomic mass is 32.2. The zero-order valence-corrected chi connectivity index (χ0v) is 20.0. The smallest absolute Gasteiger partial charge is 0.243 e. The number of aromatic nitrogens is 2. The third-order valence-corrected chi connectivity index (χ3v) is 8.21. The van der Waals surface area contributed by atoms with Gasteiger partial charge in [-0.2, -0.15) is 4.31 Å². The zero-order chi connectivity index (χ0) is 23.6. The molecule has 1 fully saturated rings. The molecule has 1 saturated heterocycles. The van der Waals surface area contributed by atoms with E-state index in [4.69, 9.17) is 4.74 Å². The van der Waals surface area contributed by atoms with Crippen LogP contribution in [0.25, 0.3) is 11.0 Å². The number of carbonyl (C=O) groups is 1. The molecule has 1 amide bonds. The zero-order valence-electron chi connectivity index (χ0n) is 18.4. The van der Waals surface area contributed by atoms with Crippen molar-refractivity contribution in [1.82, 2.24) is 13.9 Å². The fourth-order valence-corrected chi connectivity index (χ4v) is 5.94. The van der Waals surface area contributed by atoms with Crippen molar-refractivity contribution in [2.75, 3.05) is 37.4 Å². The number of sulfonamides is 1. The van der Waals surface area contributed by atoms with Gasteiger partial charge in [-0.05, 0) is 49.7 Å². The van der Waals surface area contributed by atoms with Gasteiger partial charge in [0.2, 0.25) is 15.9 Å². The number of hydrogen-bond acceptors (Lipinski definition) is 6. The number of nitrogens with one attached hydrogen (secondary N) is 1. The van der Waals surface area contributed by atoms with Crippen molar-refractivity contribution in [3.63, 3.8) is 0 Å². The fourth-order valence-electron chi connectivity index (χ4n) is 3.64. The number of amides is 1. The van der Waals surface area contributed by atoms with Crippen molar-refractivity contribution < 1.29 is 22.3 Å². The second-order valence-electron chi connectivity index (χ2n) is 7.63. The number of anilines is 1. The summed E-state index contributed by atoms with van der Waals surface area (Å²) in [7, 11) is -3.63. The summed E-state index contributed by atoms with van der Waals surface area (Å²) in [6.07, 6.45) is 0. The van der Waals surface area contributed by atoms with Gasteiger partial charge in [-0.15, -0.1) is 0 Å². The van der Waals surface area contributed by atoms with Gasteiger partial charge < -0.3 is 14.6 Å². The Kier molecular flexibility index (Phi) is 7.03. The molecule has 1 N–H and O–H groups in total. The van der Waals surface area contributed by atoms with Crippen molar-refractivity contribution in [2.24, 2.45) is 0 Å². The van der Waals surface area contributed by atoms with E-state index < -0.39 is 15.8 Å². The average Bonchev–Trinajstić information content (AvgIpc) is 3.17. The minimum absolute atomic E-state index is 0.0373. The van der Waals surface area contributed by atoms with Gasteiger partial charge in [0.1, 0.15) is 5.82 Å². The number of thioether (sulfide) groups is 1. The maximum Gasteiger partial charge on any atom is 0.243 e. The summed E-state index contributed by atoms with van der Waals surface area (Å²) in [5.41, 5.74) is 2.23. The van der Waals surface area contributed by atoms with Crippen LogP contribution in [0.3, 0.4) is 0 Å². The lowest BCUT2D eigenvalue weighted by Crippen LogP contribution is -2.40. The Morgan fingerprint density at radius 3 is 2.67 bits per heavy atom. The van der Waals surface area contributed by atoms with Crippen LogP contribution < -0.4 is 5.32 Å². The molecular weight excluding hydrogens is 467 g/mol. The summed E-state index contributed by atoms with van der Waals surface area (Å²) in [5.74, 6) is -0.800. The van der Waals surface area contributed by atoms with Gasteiger partial charge >= 0.3 is 0 Å². The molecule has 0 spiro atoms. The van der Waals surface area contributed by atoms with Crippen LogP contribution in [0.15, 0.2) is 46.5 Å². The first-order valence-electron chi connectivity index (χ1n) is 10.6. The first kappa shape index (κ1) is 23.7. The quantitative estimate of drug-likeness (QED) is 0.509. The maximum absolute atomic E-state index is 14.0. The Morgan fingerprint density at radius 1 is 1.21 bits per heavy atom. The average molecular weight is 493 g/mol. The van der Waals surface area contributed by atoms with E-state index in [2.05, 4.69) is 10.3 Å². The summed E-state index contributed by atoms with van der Waals surface area (Å²) in [6, 6.07) is 9.52. The highest BCUT2D eigenvalue weighted by Gasteiger charge is 2.27. The summed E-state index contributed by atoms with van der Waals surface area (Å²) in [4.78, 5) is 17.1. The molecule has 0 atom stereocenters. The second-order valence-corrected chi connectivity index (χ2v) is 10.5. The molecule has 33 heavy (non-hydrogen) atoms. The Morgan fingerprint density at radius 2 is 1.97 bits per heavy atom. The molecule has 2 heterocycles. The molecule has 1 aliphatic heterocycles. The second kappa shape index (κ2) is 9.80. The number of ether oxygens (including phenoxy) is 1. The maximum atomic E-state index is 14.0. The lowest BCUT2D eigenvalue weighted by atomic mass is 10.2. The molecule has 0 aliphatic carbocycles. The number of nitrogens with zero attached hydrogens (tertiary/aromatic N) is 3. The Bertz CT molecular complexity index is 1290. The van der Waals surface area contributed by atoms with Gasteiger partial charge in [-0.25, -0.2) is 17.8 Å². The van der Waals surface area contributed by atoms with E-state index >= 15 is 0 Å². The lowest BCUT2D eigenvalue weighted by Gasteiger charge is -2.26. The molecule has 1 aromatic heterocycles. The number of carbonyl (C=O) groups excluding carboxylic acids is 1. The Labute approximate surface area is 196 Å². The van der Waals surface area contributed by atoms with Gasteiger partial charge in [-0.3, -0.25) is 4.79 Å². The standard InChI is InChI=1S/C22H25FN4O4S2/c1-3-27-20-7-5-16(33(29,30)26-8-10-31-11-9-26)13-19(20)25-22(27)32-14-21(28)24-18-6-4-15(2)12-17(18)23/h4-7,12-13H,3,8-11,14H2,1-2H3,(H,24,28). The Balaban J connectivity index is 1.52. The van der Waals surface area contributed by atoms with Gasteiger partial charge in [0, 0.05) is 19.6 Å². The van der Waals surface area contributed by atoms with Crippen LogP contribution in [-0.4, -0.2) is 60.2 Å². The van der Waals surface area contributed by atoms with Crippen LogP contribution in [0, 0.1) is 12.7 Å². The van der Waals surface area contributed by atoms with E-state index in [0.29, 0.717) is 43.5 Å². The van der Waals surface area contributed by atoms with E-state index in [0.717, 1.165) is 11.1 Å². The number of aryl methyl sites for hydroxylation is 2. The van der Waals surface area contributed by atoms with Crippen molar-refractivity contribution >= 4 is 44.4 Å².